The predicted molar refractivity (Wildman–Crippen MR) is 119 cm³/mol. The van der Waals surface area contributed by atoms with E-state index >= 15 is 0 Å². The van der Waals surface area contributed by atoms with Gasteiger partial charge in [-0.2, -0.15) is 0 Å². The zero-order chi connectivity index (χ0) is 21.4. The van der Waals surface area contributed by atoms with Crippen LogP contribution in [-0.4, -0.2) is 53.3 Å². The quantitative estimate of drug-likeness (QED) is 0.612. The first kappa shape index (κ1) is 19.3. The van der Waals surface area contributed by atoms with Crippen molar-refractivity contribution in [3.63, 3.8) is 0 Å². The number of hydrogen-bond acceptors (Lipinski definition) is 3. The molecule has 3 aromatic carbocycles. The summed E-state index contributed by atoms with van der Waals surface area (Å²) in [5.74, 6) is -0.185. The lowest BCUT2D eigenvalue weighted by Gasteiger charge is -2.36. The molecule has 5 rings (SSSR count). The highest BCUT2D eigenvalue weighted by Crippen LogP contribution is 2.27. The van der Waals surface area contributed by atoms with E-state index in [1.807, 2.05) is 65.6 Å². The van der Waals surface area contributed by atoms with Gasteiger partial charge in [0.15, 0.2) is 0 Å². The summed E-state index contributed by atoms with van der Waals surface area (Å²) in [7, 11) is 0. The van der Waals surface area contributed by atoms with E-state index in [9.17, 15) is 14.4 Å². The third-order valence-electron chi connectivity index (χ3n) is 6.22. The summed E-state index contributed by atoms with van der Waals surface area (Å²) in [6.07, 6.45) is 1.33. The molecular weight excluding hydrogens is 390 g/mol. The van der Waals surface area contributed by atoms with Gasteiger partial charge in [-0.3, -0.25) is 9.59 Å². The van der Waals surface area contributed by atoms with Crippen molar-refractivity contribution in [1.29, 1.82) is 0 Å². The largest absolute Gasteiger partial charge is 0.338 e. The SMILES string of the molecule is O=C(c1cccc2ccccc12)N1CCC(N2CC(=O)N(c3ccccc3)C2=O)CC1. The summed E-state index contributed by atoms with van der Waals surface area (Å²) in [6, 6.07) is 22.4. The van der Waals surface area contributed by atoms with E-state index < -0.39 is 0 Å². The van der Waals surface area contributed by atoms with Gasteiger partial charge in [-0.25, -0.2) is 9.69 Å². The number of urea groups is 1. The first-order chi connectivity index (χ1) is 15.1. The van der Waals surface area contributed by atoms with Gasteiger partial charge in [-0.1, -0.05) is 54.6 Å². The molecule has 2 saturated heterocycles. The van der Waals surface area contributed by atoms with E-state index in [0.717, 1.165) is 10.8 Å². The van der Waals surface area contributed by atoms with Gasteiger partial charge >= 0.3 is 6.03 Å². The van der Waals surface area contributed by atoms with Gasteiger partial charge in [0, 0.05) is 24.7 Å². The maximum absolute atomic E-state index is 13.2. The first-order valence-corrected chi connectivity index (χ1v) is 10.6. The Morgan fingerprint density at radius 2 is 1.48 bits per heavy atom. The molecule has 31 heavy (non-hydrogen) atoms. The monoisotopic (exact) mass is 413 g/mol. The highest BCUT2D eigenvalue weighted by atomic mass is 16.2. The topological polar surface area (TPSA) is 60.9 Å². The Hall–Kier alpha value is -3.67. The average molecular weight is 413 g/mol. The second-order valence-corrected chi connectivity index (χ2v) is 8.03. The highest BCUT2D eigenvalue weighted by molar-refractivity contribution is 6.19. The molecular formula is C25H23N3O3. The number of hydrogen-bond donors (Lipinski definition) is 0. The molecule has 0 radical (unpaired) electrons. The van der Waals surface area contributed by atoms with Gasteiger partial charge < -0.3 is 9.80 Å². The first-order valence-electron chi connectivity index (χ1n) is 10.6. The van der Waals surface area contributed by atoms with Crippen molar-refractivity contribution in [3.05, 3.63) is 78.4 Å². The summed E-state index contributed by atoms with van der Waals surface area (Å²) in [5.41, 5.74) is 1.31. The normalized spacial score (nSPS) is 17.6. The smallest absolute Gasteiger partial charge is 0.332 e. The summed E-state index contributed by atoms with van der Waals surface area (Å²) in [6.45, 7) is 1.22. The highest BCUT2D eigenvalue weighted by Gasteiger charge is 2.41. The maximum Gasteiger partial charge on any atom is 0.332 e. The molecule has 2 aliphatic rings. The van der Waals surface area contributed by atoms with Crippen LogP contribution in [0.3, 0.4) is 0 Å². The lowest BCUT2D eigenvalue weighted by Crippen LogP contribution is -2.48. The number of piperidine rings is 1. The average Bonchev–Trinajstić information content (AvgIpc) is 3.12. The van der Waals surface area contributed by atoms with E-state index in [4.69, 9.17) is 0 Å². The van der Waals surface area contributed by atoms with Crippen LogP contribution in [0.5, 0.6) is 0 Å². The molecule has 0 atom stereocenters. The van der Waals surface area contributed by atoms with Crippen LogP contribution < -0.4 is 4.90 Å². The van der Waals surface area contributed by atoms with Crippen molar-refractivity contribution < 1.29 is 14.4 Å². The number of rotatable bonds is 3. The van der Waals surface area contributed by atoms with E-state index in [-0.39, 0.29) is 30.4 Å². The van der Waals surface area contributed by atoms with Crippen molar-refractivity contribution >= 4 is 34.3 Å². The maximum atomic E-state index is 13.2. The number of imide groups is 1. The van der Waals surface area contributed by atoms with Crippen LogP contribution in [0.4, 0.5) is 10.5 Å². The summed E-state index contributed by atoms with van der Waals surface area (Å²) >= 11 is 0. The molecule has 4 amide bonds. The fourth-order valence-electron chi connectivity index (χ4n) is 4.60. The number of amides is 4. The number of carbonyl (C=O) groups excluding carboxylic acids is 3. The Labute approximate surface area is 180 Å². The Kier molecular flexibility index (Phi) is 4.90. The van der Waals surface area contributed by atoms with Crippen molar-refractivity contribution in [2.75, 3.05) is 24.5 Å². The van der Waals surface area contributed by atoms with E-state index in [2.05, 4.69) is 0 Å². The second kappa shape index (κ2) is 7.87. The fourth-order valence-corrected chi connectivity index (χ4v) is 4.60. The molecule has 2 aliphatic heterocycles. The fraction of sp³-hybridized carbons (Fsp3) is 0.240. The summed E-state index contributed by atoms with van der Waals surface area (Å²) in [5, 5.41) is 2.00. The molecule has 2 heterocycles. The Bertz CT molecular complexity index is 1150. The standard InChI is InChI=1S/C25H23N3O3/c29-23-17-27(25(31)28(23)20-9-2-1-3-10-20)19-13-15-26(16-14-19)24(30)22-12-6-8-18-7-4-5-11-21(18)22/h1-12,19H,13-17H2. The van der Waals surface area contributed by atoms with Crippen LogP contribution in [0.25, 0.3) is 10.8 Å². The van der Waals surface area contributed by atoms with Gasteiger partial charge in [-0.15, -0.1) is 0 Å². The van der Waals surface area contributed by atoms with Gasteiger partial charge in [0.05, 0.1) is 5.69 Å². The van der Waals surface area contributed by atoms with Crippen molar-refractivity contribution in [2.45, 2.75) is 18.9 Å². The van der Waals surface area contributed by atoms with Crippen molar-refractivity contribution in [1.82, 2.24) is 9.80 Å². The lowest BCUT2D eigenvalue weighted by molar-refractivity contribution is -0.116. The number of likely N-dealkylation sites (tertiary alicyclic amines) is 1. The van der Waals surface area contributed by atoms with E-state index in [1.54, 1.807) is 17.0 Å². The number of benzene rings is 3. The molecule has 0 N–H and O–H groups in total. The third kappa shape index (κ3) is 3.44. The zero-order valence-corrected chi connectivity index (χ0v) is 17.1. The van der Waals surface area contributed by atoms with E-state index in [0.29, 0.717) is 37.2 Å². The number of fused-ring (bicyclic) bond motifs is 1. The van der Waals surface area contributed by atoms with Crippen molar-refractivity contribution in [2.24, 2.45) is 0 Å². The molecule has 6 heteroatoms. The molecule has 0 unspecified atom stereocenters. The molecule has 6 nitrogen and oxygen atoms in total. The number of anilines is 1. The number of nitrogens with zero attached hydrogens (tertiary/aromatic N) is 3. The molecule has 3 aromatic rings. The minimum Gasteiger partial charge on any atom is -0.338 e. The number of para-hydroxylation sites is 1. The molecule has 2 fully saturated rings. The van der Waals surface area contributed by atoms with Gasteiger partial charge in [0.25, 0.3) is 11.8 Å². The Balaban J connectivity index is 1.28. The van der Waals surface area contributed by atoms with Crippen LogP contribution in [-0.2, 0) is 4.79 Å². The lowest BCUT2D eigenvalue weighted by atomic mass is 10.00. The third-order valence-corrected chi connectivity index (χ3v) is 6.22. The van der Waals surface area contributed by atoms with Crippen molar-refractivity contribution in [3.8, 4) is 0 Å². The summed E-state index contributed by atoms with van der Waals surface area (Å²) < 4.78 is 0. The molecule has 0 bridgehead atoms. The zero-order valence-electron chi connectivity index (χ0n) is 17.1. The van der Waals surface area contributed by atoms with Crippen LogP contribution in [0.1, 0.15) is 23.2 Å². The Morgan fingerprint density at radius 3 is 2.26 bits per heavy atom. The molecule has 0 saturated carbocycles. The van der Waals surface area contributed by atoms with Crippen LogP contribution in [0, 0.1) is 0 Å². The molecule has 0 spiro atoms. The van der Waals surface area contributed by atoms with Crippen LogP contribution >= 0.6 is 0 Å². The second-order valence-electron chi connectivity index (χ2n) is 8.03. The predicted octanol–water partition coefficient (Wildman–Crippen LogP) is 3.91. The minimum absolute atomic E-state index is 0.0185. The van der Waals surface area contributed by atoms with E-state index in [1.165, 1.54) is 4.90 Å². The van der Waals surface area contributed by atoms with Gasteiger partial charge in [0.2, 0.25) is 0 Å². The minimum atomic E-state index is -0.268. The molecule has 0 aromatic heterocycles. The molecule has 0 aliphatic carbocycles. The van der Waals surface area contributed by atoms with Gasteiger partial charge in [0.1, 0.15) is 6.54 Å². The number of carbonyl (C=O) groups is 3. The van der Waals surface area contributed by atoms with Gasteiger partial charge in [-0.05, 0) is 41.8 Å². The Morgan fingerprint density at radius 1 is 0.806 bits per heavy atom. The van der Waals surface area contributed by atoms with Crippen LogP contribution in [0.2, 0.25) is 0 Å². The summed E-state index contributed by atoms with van der Waals surface area (Å²) in [4.78, 5) is 43.4. The molecule has 156 valence electrons. The van der Waals surface area contributed by atoms with Crippen LogP contribution in [0.15, 0.2) is 72.8 Å².